The highest BCUT2D eigenvalue weighted by Gasteiger charge is 2.40. The van der Waals surface area contributed by atoms with Crippen LogP contribution in [0.3, 0.4) is 0 Å². The highest BCUT2D eigenvalue weighted by molar-refractivity contribution is 5.08. The van der Waals surface area contributed by atoms with Crippen molar-refractivity contribution in [1.29, 1.82) is 0 Å². The lowest BCUT2D eigenvalue weighted by Crippen LogP contribution is -2.43. The minimum absolute atomic E-state index is 0.118. The fraction of sp³-hybridized carbons (Fsp3) is 0.786. The van der Waals surface area contributed by atoms with E-state index in [4.69, 9.17) is 4.74 Å². The Morgan fingerprint density at radius 3 is 3.00 bits per heavy atom. The van der Waals surface area contributed by atoms with Crippen molar-refractivity contribution >= 4 is 0 Å². The van der Waals surface area contributed by atoms with Gasteiger partial charge >= 0.3 is 0 Å². The van der Waals surface area contributed by atoms with Gasteiger partial charge in [0.25, 0.3) is 0 Å². The molecule has 1 saturated heterocycles. The van der Waals surface area contributed by atoms with E-state index in [0.29, 0.717) is 0 Å². The molecule has 1 fully saturated rings. The molecule has 2 heterocycles. The van der Waals surface area contributed by atoms with Crippen LogP contribution in [0.15, 0.2) is 12.4 Å². The molecule has 4 heteroatoms. The summed E-state index contributed by atoms with van der Waals surface area (Å²) >= 11 is 0. The van der Waals surface area contributed by atoms with Crippen molar-refractivity contribution in [3.05, 3.63) is 18.2 Å². The fourth-order valence-electron chi connectivity index (χ4n) is 2.75. The monoisotopic (exact) mass is 251 g/mol. The molecule has 0 bridgehead atoms. The molecule has 2 rings (SSSR count). The van der Waals surface area contributed by atoms with Crippen LogP contribution < -0.4 is 5.32 Å². The van der Waals surface area contributed by atoms with Crippen LogP contribution in [0.2, 0.25) is 0 Å². The summed E-state index contributed by atoms with van der Waals surface area (Å²) in [6, 6.07) is 0.190. The molecule has 0 aliphatic carbocycles. The van der Waals surface area contributed by atoms with Crippen LogP contribution in [0.5, 0.6) is 0 Å². The van der Waals surface area contributed by atoms with E-state index in [0.717, 1.165) is 44.8 Å². The van der Waals surface area contributed by atoms with Gasteiger partial charge in [-0.25, -0.2) is 4.98 Å². The van der Waals surface area contributed by atoms with Crippen LogP contribution in [0, 0.1) is 0 Å². The second-order valence-corrected chi connectivity index (χ2v) is 5.22. The van der Waals surface area contributed by atoms with Crippen LogP contribution in [-0.4, -0.2) is 28.3 Å². The molecule has 0 radical (unpaired) electrons. The summed E-state index contributed by atoms with van der Waals surface area (Å²) in [4.78, 5) is 4.55. The maximum atomic E-state index is 6.01. The third-order valence-corrected chi connectivity index (χ3v) is 3.80. The van der Waals surface area contributed by atoms with Crippen molar-refractivity contribution in [3.8, 4) is 0 Å². The van der Waals surface area contributed by atoms with E-state index in [-0.39, 0.29) is 11.6 Å². The topological polar surface area (TPSA) is 39.1 Å². The summed E-state index contributed by atoms with van der Waals surface area (Å²) < 4.78 is 8.22. The van der Waals surface area contributed by atoms with E-state index in [2.05, 4.69) is 35.6 Å². The lowest BCUT2D eigenvalue weighted by atomic mass is 9.92. The molecule has 1 aliphatic rings. The van der Waals surface area contributed by atoms with Crippen LogP contribution >= 0.6 is 0 Å². The first-order valence-electron chi connectivity index (χ1n) is 7.09. The number of hydrogen-bond donors (Lipinski definition) is 1. The molecule has 2 unspecified atom stereocenters. The Balaban J connectivity index is 2.24. The number of ether oxygens (including phenoxy) is 1. The highest BCUT2D eigenvalue weighted by Crippen LogP contribution is 2.36. The molecule has 0 aromatic carbocycles. The maximum absolute atomic E-state index is 6.01. The number of aryl methyl sites for hydroxylation is 1. The highest BCUT2D eigenvalue weighted by atomic mass is 16.5. The van der Waals surface area contributed by atoms with Gasteiger partial charge in [0.05, 0.1) is 11.6 Å². The largest absolute Gasteiger partial charge is 0.373 e. The third-order valence-electron chi connectivity index (χ3n) is 3.80. The first-order chi connectivity index (χ1) is 8.71. The molecule has 0 spiro atoms. The molecule has 1 aromatic rings. The number of nitrogens with one attached hydrogen (secondary N) is 1. The van der Waals surface area contributed by atoms with Gasteiger partial charge in [0.15, 0.2) is 0 Å². The van der Waals surface area contributed by atoms with Gasteiger partial charge in [-0.1, -0.05) is 6.92 Å². The van der Waals surface area contributed by atoms with Crippen LogP contribution in [0.25, 0.3) is 0 Å². The predicted octanol–water partition coefficient (Wildman–Crippen LogP) is 2.51. The first kappa shape index (κ1) is 13.6. The number of hydrogen-bond acceptors (Lipinski definition) is 3. The molecule has 1 N–H and O–H groups in total. The quantitative estimate of drug-likeness (QED) is 0.844. The number of imidazole rings is 1. The number of rotatable bonds is 6. The molecule has 0 saturated carbocycles. The van der Waals surface area contributed by atoms with Gasteiger partial charge in [0.1, 0.15) is 5.82 Å². The number of aromatic nitrogens is 2. The van der Waals surface area contributed by atoms with Crippen LogP contribution in [0.1, 0.15) is 51.9 Å². The molecule has 4 nitrogen and oxygen atoms in total. The molecule has 2 atom stereocenters. The molecule has 102 valence electrons. The summed E-state index contributed by atoms with van der Waals surface area (Å²) in [6.45, 7) is 9.37. The lowest BCUT2D eigenvalue weighted by Gasteiger charge is -2.34. The van der Waals surface area contributed by atoms with Crippen molar-refractivity contribution in [1.82, 2.24) is 14.9 Å². The summed E-state index contributed by atoms with van der Waals surface area (Å²) in [5, 5.41) is 3.62. The fourth-order valence-corrected chi connectivity index (χ4v) is 2.75. The van der Waals surface area contributed by atoms with E-state index in [1.54, 1.807) is 0 Å². The standard InChI is InChI=1S/C14H25N3O/c1-4-8-15-12(14(3)7-6-11-18-14)13-16-9-10-17(13)5-2/h9-10,12,15H,4-8,11H2,1-3H3. The Morgan fingerprint density at radius 2 is 2.39 bits per heavy atom. The molecule has 1 aliphatic heterocycles. The van der Waals surface area contributed by atoms with Crippen LogP contribution in [-0.2, 0) is 11.3 Å². The zero-order chi connectivity index (χ0) is 13.0. The summed E-state index contributed by atoms with van der Waals surface area (Å²) in [5.41, 5.74) is -0.118. The Kier molecular flexibility index (Phi) is 4.40. The normalized spacial score (nSPS) is 25.5. The lowest BCUT2D eigenvalue weighted by molar-refractivity contribution is -0.0157. The zero-order valence-electron chi connectivity index (χ0n) is 11.8. The molecule has 0 amide bonds. The molecule has 18 heavy (non-hydrogen) atoms. The van der Waals surface area contributed by atoms with Gasteiger partial charge in [-0.3, -0.25) is 0 Å². The van der Waals surface area contributed by atoms with E-state index in [1.165, 1.54) is 0 Å². The van der Waals surface area contributed by atoms with E-state index < -0.39 is 0 Å². The van der Waals surface area contributed by atoms with Crippen LogP contribution in [0.4, 0.5) is 0 Å². The van der Waals surface area contributed by atoms with E-state index >= 15 is 0 Å². The zero-order valence-corrected chi connectivity index (χ0v) is 11.8. The van der Waals surface area contributed by atoms with Crippen molar-refractivity contribution in [2.45, 2.75) is 58.2 Å². The van der Waals surface area contributed by atoms with Crippen molar-refractivity contribution in [2.24, 2.45) is 0 Å². The Bertz CT molecular complexity index is 369. The molecular formula is C14H25N3O. The molecule has 1 aromatic heterocycles. The Morgan fingerprint density at radius 1 is 1.56 bits per heavy atom. The minimum Gasteiger partial charge on any atom is -0.373 e. The van der Waals surface area contributed by atoms with Gasteiger partial charge in [-0.05, 0) is 39.7 Å². The first-order valence-corrected chi connectivity index (χ1v) is 7.09. The Hall–Kier alpha value is -0.870. The second kappa shape index (κ2) is 5.85. The summed E-state index contributed by atoms with van der Waals surface area (Å²) in [6.07, 6.45) is 7.31. The maximum Gasteiger partial charge on any atom is 0.128 e. The van der Waals surface area contributed by atoms with Gasteiger partial charge in [-0.15, -0.1) is 0 Å². The third kappa shape index (κ3) is 2.59. The minimum atomic E-state index is -0.118. The van der Waals surface area contributed by atoms with Gasteiger partial charge in [-0.2, -0.15) is 0 Å². The van der Waals surface area contributed by atoms with Gasteiger partial charge < -0.3 is 14.6 Å². The SMILES string of the molecule is CCCNC(c1nccn1CC)C1(C)CCCO1. The van der Waals surface area contributed by atoms with E-state index in [9.17, 15) is 0 Å². The van der Waals surface area contributed by atoms with Crippen molar-refractivity contribution in [2.75, 3.05) is 13.2 Å². The predicted molar refractivity (Wildman–Crippen MR) is 72.5 cm³/mol. The molecular weight excluding hydrogens is 226 g/mol. The average Bonchev–Trinajstić information content (AvgIpc) is 2.99. The summed E-state index contributed by atoms with van der Waals surface area (Å²) in [5.74, 6) is 1.11. The smallest absolute Gasteiger partial charge is 0.128 e. The Labute approximate surface area is 110 Å². The van der Waals surface area contributed by atoms with Gasteiger partial charge in [0, 0.05) is 25.5 Å². The number of nitrogens with zero attached hydrogens (tertiary/aromatic N) is 2. The van der Waals surface area contributed by atoms with E-state index in [1.807, 2.05) is 12.4 Å². The average molecular weight is 251 g/mol. The van der Waals surface area contributed by atoms with Crippen molar-refractivity contribution in [3.63, 3.8) is 0 Å². The van der Waals surface area contributed by atoms with Gasteiger partial charge in [0.2, 0.25) is 0 Å². The summed E-state index contributed by atoms with van der Waals surface area (Å²) in [7, 11) is 0. The second-order valence-electron chi connectivity index (χ2n) is 5.22. The van der Waals surface area contributed by atoms with Crippen molar-refractivity contribution < 1.29 is 4.74 Å².